The lowest BCUT2D eigenvalue weighted by Crippen LogP contribution is -2.27. The van der Waals surface area contributed by atoms with Gasteiger partial charge in [0.2, 0.25) is 0 Å². The zero-order valence-corrected chi connectivity index (χ0v) is 17.4. The highest BCUT2D eigenvalue weighted by Crippen LogP contribution is 2.34. The summed E-state index contributed by atoms with van der Waals surface area (Å²) in [4.78, 5) is 14.9. The van der Waals surface area contributed by atoms with Gasteiger partial charge in [-0.1, -0.05) is 78.1 Å². The highest BCUT2D eigenvalue weighted by atomic mass is 35.5. The van der Waals surface area contributed by atoms with Gasteiger partial charge in [0.25, 0.3) is 5.91 Å². The van der Waals surface area contributed by atoms with Crippen LogP contribution < -0.4 is 0 Å². The largest absolute Gasteiger partial charge is 0.342 e. The summed E-state index contributed by atoms with van der Waals surface area (Å²) in [5, 5.41) is 1.83. The van der Waals surface area contributed by atoms with Crippen LogP contribution in [0.3, 0.4) is 0 Å². The molecule has 1 aliphatic heterocycles. The first-order chi connectivity index (χ1) is 13.6. The van der Waals surface area contributed by atoms with Gasteiger partial charge in [-0.15, -0.1) is 6.58 Å². The minimum Gasteiger partial charge on any atom is -0.342 e. The third kappa shape index (κ3) is 3.53. The third-order valence-electron chi connectivity index (χ3n) is 4.59. The zero-order valence-electron chi connectivity index (χ0n) is 15.0. The Morgan fingerprint density at radius 2 is 1.89 bits per heavy atom. The monoisotopic (exact) mass is 424 g/mol. The topological polar surface area (TPSA) is 25.2 Å². The fourth-order valence-corrected chi connectivity index (χ4v) is 4.72. The molecule has 0 radical (unpaired) electrons. The molecule has 2 aromatic carbocycles. The molecule has 3 nitrogen and oxygen atoms in total. The summed E-state index contributed by atoms with van der Waals surface area (Å²) in [7, 11) is 0. The van der Waals surface area contributed by atoms with E-state index in [1.54, 1.807) is 11.0 Å². The van der Waals surface area contributed by atoms with Gasteiger partial charge < -0.3 is 4.57 Å². The Kier molecular flexibility index (Phi) is 5.40. The number of carbonyl (C=O) groups excluding carboxylic acids is 1. The summed E-state index contributed by atoms with van der Waals surface area (Å²) in [5.74, 6) is -0.0714. The molecule has 1 aromatic heterocycles. The van der Waals surface area contributed by atoms with Crippen LogP contribution in [-0.4, -0.2) is 26.2 Å². The molecule has 140 valence electrons. The smallest absolute Gasteiger partial charge is 0.266 e. The number of thioether (sulfide) groups is 1. The Morgan fingerprint density at radius 1 is 1.14 bits per heavy atom. The summed E-state index contributed by atoms with van der Waals surface area (Å²) in [6.07, 6.45) is 5.67. The maximum absolute atomic E-state index is 12.7. The molecule has 1 saturated heterocycles. The maximum atomic E-state index is 12.7. The van der Waals surface area contributed by atoms with Gasteiger partial charge in [-0.2, -0.15) is 0 Å². The quantitative estimate of drug-likeness (QED) is 0.297. The molecule has 2 heterocycles. The predicted molar refractivity (Wildman–Crippen MR) is 123 cm³/mol. The third-order valence-corrected chi connectivity index (χ3v) is 6.34. The van der Waals surface area contributed by atoms with E-state index in [9.17, 15) is 4.79 Å². The maximum Gasteiger partial charge on any atom is 0.266 e. The second-order valence-electron chi connectivity index (χ2n) is 6.40. The molecule has 0 atom stereocenters. The first kappa shape index (κ1) is 19.0. The number of aromatic nitrogens is 1. The Labute approximate surface area is 178 Å². The molecule has 4 rings (SSSR count). The molecular formula is C22H17ClN2OS2. The average Bonchev–Trinajstić information content (AvgIpc) is 3.17. The van der Waals surface area contributed by atoms with Gasteiger partial charge in [-0.05, 0) is 23.8 Å². The molecule has 0 unspecified atom stereocenters. The van der Waals surface area contributed by atoms with Crippen molar-refractivity contribution in [2.75, 3.05) is 6.54 Å². The Balaban J connectivity index is 1.75. The fourth-order valence-electron chi connectivity index (χ4n) is 3.26. The van der Waals surface area contributed by atoms with E-state index in [0.717, 1.165) is 27.1 Å². The molecule has 0 N–H and O–H groups in total. The second kappa shape index (κ2) is 7.95. The molecular weight excluding hydrogens is 408 g/mol. The van der Waals surface area contributed by atoms with Crippen LogP contribution in [0.2, 0.25) is 5.02 Å². The molecule has 1 fully saturated rings. The lowest BCUT2D eigenvalue weighted by Gasteiger charge is -2.10. The SMILES string of the molecule is C=CCN1C(=O)C(=Cc2cn(Cc3ccccc3Cl)c3ccccc23)SC1=S. The van der Waals surface area contributed by atoms with Crippen molar-refractivity contribution in [1.29, 1.82) is 0 Å². The van der Waals surface area contributed by atoms with E-state index >= 15 is 0 Å². The fraction of sp³-hybridized carbons (Fsp3) is 0.0909. The molecule has 28 heavy (non-hydrogen) atoms. The van der Waals surface area contributed by atoms with Crippen molar-refractivity contribution in [2.24, 2.45) is 0 Å². The minimum absolute atomic E-state index is 0.0714. The second-order valence-corrected chi connectivity index (χ2v) is 8.48. The van der Waals surface area contributed by atoms with E-state index in [0.29, 0.717) is 22.3 Å². The molecule has 0 saturated carbocycles. The van der Waals surface area contributed by atoms with Crippen LogP contribution in [-0.2, 0) is 11.3 Å². The van der Waals surface area contributed by atoms with Crippen molar-refractivity contribution in [1.82, 2.24) is 9.47 Å². The summed E-state index contributed by atoms with van der Waals surface area (Å²) in [6, 6.07) is 16.0. The van der Waals surface area contributed by atoms with Crippen LogP contribution in [0.15, 0.2) is 72.3 Å². The number of para-hydroxylation sites is 1. The molecule has 6 heteroatoms. The van der Waals surface area contributed by atoms with Gasteiger partial charge in [0.15, 0.2) is 0 Å². The lowest BCUT2D eigenvalue weighted by molar-refractivity contribution is -0.121. The lowest BCUT2D eigenvalue weighted by atomic mass is 10.1. The van der Waals surface area contributed by atoms with Gasteiger partial charge >= 0.3 is 0 Å². The number of hydrogen-bond acceptors (Lipinski definition) is 3. The first-order valence-corrected chi connectivity index (χ1v) is 10.4. The van der Waals surface area contributed by atoms with Crippen LogP contribution >= 0.6 is 35.6 Å². The van der Waals surface area contributed by atoms with Gasteiger partial charge in [0.1, 0.15) is 4.32 Å². The Bertz CT molecular complexity index is 1130. The summed E-state index contributed by atoms with van der Waals surface area (Å²) < 4.78 is 2.73. The number of halogens is 1. The van der Waals surface area contributed by atoms with E-state index < -0.39 is 0 Å². The van der Waals surface area contributed by atoms with E-state index in [2.05, 4.69) is 29.5 Å². The van der Waals surface area contributed by atoms with Crippen molar-refractivity contribution in [3.63, 3.8) is 0 Å². The number of nitrogens with zero attached hydrogens (tertiary/aromatic N) is 2. The summed E-state index contributed by atoms with van der Waals surface area (Å²) in [5.41, 5.74) is 3.13. The van der Waals surface area contributed by atoms with Crippen LogP contribution in [0.4, 0.5) is 0 Å². The Morgan fingerprint density at radius 3 is 2.68 bits per heavy atom. The van der Waals surface area contributed by atoms with Crippen LogP contribution in [0.1, 0.15) is 11.1 Å². The number of hydrogen-bond donors (Lipinski definition) is 0. The van der Waals surface area contributed by atoms with Crippen molar-refractivity contribution in [2.45, 2.75) is 6.54 Å². The molecule has 0 bridgehead atoms. The van der Waals surface area contributed by atoms with Crippen molar-refractivity contribution in [3.05, 3.63) is 88.4 Å². The summed E-state index contributed by atoms with van der Waals surface area (Å²) >= 11 is 13.0. The first-order valence-electron chi connectivity index (χ1n) is 8.76. The predicted octanol–water partition coefficient (Wildman–Crippen LogP) is 5.73. The number of amides is 1. The molecule has 1 amide bonds. The van der Waals surface area contributed by atoms with Gasteiger partial charge in [0.05, 0.1) is 4.91 Å². The Hall–Kier alpha value is -2.34. The zero-order chi connectivity index (χ0) is 19.7. The minimum atomic E-state index is -0.0714. The van der Waals surface area contributed by atoms with Crippen LogP contribution in [0.5, 0.6) is 0 Å². The normalized spacial score (nSPS) is 15.8. The van der Waals surface area contributed by atoms with Gasteiger partial charge in [-0.3, -0.25) is 9.69 Å². The van der Waals surface area contributed by atoms with E-state index in [1.165, 1.54) is 11.8 Å². The summed E-state index contributed by atoms with van der Waals surface area (Å²) in [6.45, 7) is 4.78. The van der Waals surface area contributed by atoms with Gasteiger partial charge in [-0.25, -0.2) is 0 Å². The molecule has 0 aliphatic carbocycles. The standard InChI is InChI=1S/C22H17ClN2OS2/c1-2-11-25-21(26)20(28-22(25)27)12-16-14-24(19-10-6-4-8-17(16)19)13-15-7-3-5-9-18(15)23/h2-10,12,14H,1,11,13H2. The van der Waals surface area contributed by atoms with Crippen molar-refractivity contribution in [3.8, 4) is 0 Å². The van der Waals surface area contributed by atoms with Crippen LogP contribution in [0.25, 0.3) is 17.0 Å². The number of benzene rings is 2. The van der Waals surface area contributed by atoms with Crippen molar-refractivity contribution >= 4 is 62.8 Å². The van der Waals surface area contributed by atoms with E-state index in [-0.39, 0.29) is 5.91 Å². The van der Waals surface area contributed by atoms with Gasteiger partial charge in [0, 0.05) is 40.8 Å². The highest BCUT2D eigenvalue weighted by molar-refractivity contribution is 8.26. The average molecular weight is 425 g/mol. The number of thiocarbonyl (C=S) groups is 1. The number of fused-ring (bicyclic) bond motifs is 1. The highest BCUT2D eigenvalue weighted by Gasteiger charge is 2.31. The number of carbonyl (C=O) groups is 1. The molecule has 3 aromatic rings. The molecule has 1 aliphatic rings. The van der Waals surface area contributed by atoms with E-state index in [4.69, 9.17) is 23.8 Å². The van der Waals surface area contributed by atoms with Crippen molar-refractivity contribution < 1.29 is 4.79 Å². The number of rotatable bonds is 5. The molecule has 0 spiro atoms. The van der Waals surface area contributed by atoms with Crippen LogP contribution in [0, 0.1) is 0 Å². The van der Waals surface area contributed by atoms with E-state index in [1.807, 2.05) is 42.5 Å².